The lowest BCUT2D eigenvalue weighted by Crippen LogP contribution is -2.22. The Balaban J connectivity index is 1.61. The quantitative estimate of drug-likeness (QED) is 0.558. The van der Waals surface area contributed by atoms with Gasteiger partial charge in [0.2, 0.25) is 0 Å². The van der Waals surface area contributed by atoms with E-state index in [1.54, 1.807) is 20.3 Å². The van der Waals surface area contributed by atoms with Gasteiger partial charge in [-0.25, -0.2) is 4.79 Å². The highest BCUT2D eigenvalue weighted by Crippen LogP contribution is 2.33. The first-order valence-electron chi connectivity index (χ1n) is 9.48. The number of ether oxygens (including phenoxy) is 3. The van der Waals surface area contributed by atoms with Gasteiger partial charge in [-0.1, -0.05) is 30.3 Å². The van der Waals surface area contributed by atoms with E-state index in [2.05, 4.69) is 28.3 Å². The van der Waals surface area contributed by atoms with E-state index in [1.165, 1.54) is 24.3 Å². The second kappa shape index (κ2) is 9.42. The van der Waals surface area contributed by atoms with E-state index in [9.17, 15) is 4.79 Å². The Bertz CT molecular complexity index is 860. The van der Waals surface area contributed by atoms with Gasteiger partial charge in [-0.3, -0.25) is 0 Å². The highest BCUT2D eigenvalue weighted by molar-refractivity contribution is 5.86. The molecule has 5 nitrogen and oxygen atoms in total. The summed E-state index contributed by atoms with van der Waals surface area (Å²) >= 11 is 0. The fourth-order valence-corrected chi connectivity index (χ4v) is 3.72. The van der Waals surface area contributed by atoms with Gasteiger partial charge < -0.3 is 19.5 Å². The van der Waals surface area contributed by atoms with Gasteiger partial charge in [0.25, 0.3) is 0 Å². The van der Waals surface area contributed by atoms with Crippen LogP contribution in [0.15, 0.2) is 42.5 Å². The van der Waals surface area contributed by atoms with Crippen LogP contribution in [0.3, 0.4) is 0 Å². The first-order valence-corrected chi connectivity index (χ1v) is 9.48. The van der Waals surface area contributed by atoms with Crippen molar-refractivity contribution in [2.24, 2.45) is 0 Å². The lowest BCUT2D eigenvalue weighted by molar-refractivity contribution is -0.134. The SMILES string of the molecule is COC(=O)/C=C/c1ccc2c(c1)CCC2NCCc1cccc(OC)c1OC. The molecule has 0 saturated carbocycles. The molecule has 0 heterocycles. The van der Waals surface area contributed by atoms with E-state index in [0.717, 1.165) is 48.4 Å². The van der Waals surface area contributed by atoms with Crippen LogP contribution in [0.5, 0.6) is 11.5 Å². The van der Waals surface area contributed by atoms with Gasteiger partial charge in [0, 0.05) is 12.1 Å². The summed E-state index contributed by atoms with van der Waals surface area (Å²) in [5.41, 5.74) is 4.83. The molecule has 1 unspecified atom stereocenters. The number of hydrogen-bond acceptors (Lipinski definition) is 5. The number of hydrogen-bond donors (Lipinski definition) is 1. The molecule has 1 N–H and O–H groups in total. The zero-order chi connectivity index (χ0) is 19.9. The van der Waals surface area contributed by atoms with Crippen molar-refractivity contribution in [3.05, 3.63) is 64.7 Å². The fourth-order valence-electron chi connectivity index (χ4n) is 3.72. The summed E-state index contributed by atoms with van der Waals surface area (Å²) in [5, 5.41) is 3.67. The standard InChI is InChI=1S/C23H27NO4/c1-26-21-6-4-5-17(23(21)28-3)13-14-24-20-11-9-18-15-16(7-10-19(18)20)8-12-22(25)27-2/h4-8,10,12,15,20,24H,9,11,13-14H2,1-3H3/b12-8+. The smallest absolute Gasteiger partial charge is 0.330 e. The molecule has 1 aliphatic rings. The molecule has 0 radical (unpaired) electrons. The van der Waals surface area contributed by atoms with Crippen LogP contribution in [0.2, 0.25) is 0 Å². The van der Waals surface area contributed by atoms with Crippen LogP contribution >= 0.6 is 0 Å². The summed E-state index contributed by atoms with van der Waals surface area (Å²) in [5.74, 6) is 1.23. The molecule has 0 saturated heterocycles. The summed E-state index contributed by atoms with van der Waals surface area (Å²) in [7, 11) is 4.71. The van der Waals surface area contributed by atoms with Crippen molar-refractivity contribution in [1.29, 1.82) is 0 Å². The highest BCUT2D eigenvalue weighted by Gasteiger charge is 2.22. The van der Waals surface area contributed by atoms with E-state index in [4.69, 9.17) is 9.47 Å². The monoisotopic (exact) mass is 381 g/mol. The van der Waals surface area contributed by atoms with Gasteiger partial charge in [-0.15, -0.1) is 0 Å². The van der Waals surface area contributed by atoms with Gasteiger partial charge >= 0.3 is 5.97 Å². The Kier molecular flexibility index (Phi) is 6.71. The topological polar surface area (TPSA) is 56.8 Å². The van der Waals surface area contributed by atoms with Crippen LogP contribution < -0.4 is 14.8 Å². The second-order valence-corrected chi connectivity index (χ2v) is 6.76. The van der Waals surface area contributed by atoms with Crippen LogP contribution in [0.4, 0.5) is 0 Å². The minimum Gasteiger partial charge on any atom is -0.493 e. The van der Waals surface area contributed by atoms with E-state index in [-0.39, 0.29) is 5.97 Å². The summed E-state index contributed by atoms with van der Waals surface area (Å²) < 4.78 is 15.5. The fraction of sp³-hybridized carbons (Fsp3) is 0.348. The van der Waals surface area contributed by atoms with Crippen LogP contribution in [-0.4, -0.2) is 33.8 Å². The third-order valence-corrected chi connectivity index (χ3v) is 5.13. The van der Waals surface area contributed by atoms with Gasteiger partial charge in [-0.05, 0) is 60.2 Å². The molecular weight excluding hydrogens is 354 g/mol. The van der Waals surface area contributed by atoms with E-state index < -0.39 is 0 Å². The Labute approximate surface area is 166 Å². The summed E-state index contributed by atoms with van der Waals surface area (Å²) in [6.07, 6.45) is 6.23. The Morgan fingerprint density at radius 1 is 1.18 bits per heavy atom. The Morgan fingerprint density at radius 2 is 2.04 bits per heavy atom. The van der Waals surface area contributed by atoms with Crippen LogP contribution in [-0.2, 0) is 22.4 Å². The van der Waals surface area contributed by atoms with Gasteiger partial charge in [0.15, 0.2) is 11.5 Å². The number of carbonyl (C=O) groups is 1. The molecule has 28 heavy (non-hydrogen) atoms. The number of rotatable bonds is 8. The number of benzene rings is 2. The molecule has 148 valence electrons. The molecule has 1 aliphatic carbocycles. The van der Waals surface area contributed by atoms with Crippen molar-refractivity contribution in [2.75, 3.05) is 27.9 Å². The Morgan fingerprint density at radius 3 is 2.79 bits per heavy atom. The molecule has 5 heteroatoms. The number of nitrogens with one attached hydrogen (secondary N) is 1. The van der Waals surface area contributed by atoms with Gasteiger partial charge in [-0.2, -0.15) is 0 Å². The van der Waals surface area contributed by atoms with E-state index in [1.807, 2.05) is 18.2 Å². The minimum absolute atomic E-state index is 0.340. The number of aryl methyl sites for hydroxylation is 1. The number of methoxy groups -OCH3 is 3. The van der Waals surface area contributed by atoms with Crippen molar-refractivity contribution < 1.29 is 19.0 Å². The number of fused-ring (bicyclic) bond motifs is 1. The normalized spacial score (nSPS) is 15.5. The Hall–Kier alpha value is -2.79. The molecule has 0 aromatic heterocycles. The number of esters is 1. The molecule has 1 atom stereocenters. The minimum atomic E-state index is -0.340. The van der Waals surface area contributed by atoms with Crippen molar-refractivity contribution in [3.8, 4) is 11.5 Å². The third kappa shape index (κ3) is 4.54. The maximum absolute atomic E-state index is 11.3. The maximum atomic E-state index is 11.3. The van der Waals surface area contributed by atoms with E-state index >= 15 is 0 Å². The first-order chi connectivity index (χ1) is 13.7. The van der Waals surface area contributed by atoms with E-state index in [0.29, 0.717) is 6.04 Å². The maximum Gasteiger partial charge on any atom is 0.330 e. The average molecular weight is 381 g/mol. The molecule has 0 fully saturated rings. The zero-order valence-corrected chi connectivity index (χ0v) is 16.7. The molecule has 0 spiro atoms. The predicted octanol–water partition coefficient (Wildman–Crippen LogP) is 3.71. The first kappa shape index (κ1) is 20.0. The molecule has 0 bridgehead atoms. The van der Waals surface area contributed by atoms with Gasteiger partial charge in [0.1, 0.15) is 0 Å². The molecule has 2 aromatic carbocycles. The van der Waals surface area contributed by atoms with Crippen LogP contribution in [0.1, 0.15) is 34.7 Å². The van der Waals surface area contributed by atoms with Crippen LogP contribution in [0.25, 0.3) is 6.08 Å². The second-order valence-electron chi connectivity index (χ2n) is 6.76. The van der Waals surface area contributed by atoms with Crippen LogP contribution in [0, 0.1) is 0 Å². The van der Waals surface area contributed by atoms with Crippen molar-refractivity contribution in [2.45, 2.75) is 25.3 Å². The predicted molar refractivity (Wildman–Crippen MR) is 110 cm³/mol. The molecular formula is C23H27NO4. The molecule has 0 aliphatic heterocycles. The molecule has 2 aromatic rings. The number of para-hydroxylation sites is 1. The highest BCUT2D eigenvalue weighted by atomic mass is 16.5. The van der Waals surface area contributed by atoms with Gasteiger partial charge in [0.05, 0.1) is 21.3 Å². The lowest BCUT2D eigenvalue weighted by Gasteiger charge is -2.16. The zero-order valence-electron chi connectivity index (χ0n) is 16.7. The summed E-state index contributed by atoms with van der Waals surface area (Å²) in [6.45, 7) is 0.859. The summed E-state index contributed by atoms with van der Waals surface area (Å²) in [6, 6.07) is 12.7. The molecule has 0 amide bonds. The van der Waals surface area contributed by atoms with Crippen molar-refractivity contribution in [3.63, 3.8) is 0 Å². The largest absolute Gasteiger partial charge is 0.493 e. The average Bonchev–Trinajstić information content (AvgIpc) is 3.13. The molecule has 3 rings (SSSR count). The summed E-state index contributed by atoms with van der Waals surface area (Å²) in [4.78, 5) is 11.3. The van der Waals surface area contributed by atoms with Crippen molar-refractivity contribution in [1.82, 2.24) is 5.32 Å². The van der Waals surface area contributed by atoms with Crippen molar-refractivity contribution >= 4 is 12.0 Å². The third-order valence-electron chi connectivity index (χ3n) is 5.13. The number of carbonyl (C=O) groups excluding carboxylic acids is 1. The lowest BCUT2D eigenvalue weighted by atomic mass is 10.0.